The maximum Gasteiger partial charge on any atom is 0.240 e. The van der Waals surface area contributed by atoms with E-state index in [0.717, 1.165) is 29.9 Å². The van der Waals surface area contributed by atoms with Crippen LogP contribution in [0.3, 0.4) is 0 Å². The van der Waals surface area contributed by atoms with E-state index in [-0.39, 0.29) is 18.4 Å². The summed E-state index contributed by atoms with van der Waals surface area (Å²) in [7, 11) is 0. The first-order chi connectivity index (χ1) is 12.4. The Hall–Kier alpha value is -2.95. The number of carbonyl (C=O) groups is 1. The van der Waals surface area contributed by atoms with Crippen LogP contribution in [-0.2, 0) is 4.79 Å². The van der Waals surface area contributed by atoms with Gasteiger partial charge in [0.2, 0.25) is 5.91 Å². The summed E-state index contributed by atoms with van der Waals surface area (Å²) in [4.78, 5) is 12.1. The van der Waals surface area contributed by atoms with E-state index in [9.17, 15) is 10.1 Å². The Morgan fingerprint density at radius 1 is 1.38 bits per heavy atom. The predicted molar refractivity (Wildman–Crippen MR) is 97.0 cm³/mol. The highest BCUT2D eigenvalue weighted by Crippen LogP contribution is 2.36. The highest BCUT2D eigenvalue weighted by molar-refractivity contribution is 5.82. The summed E-state index contributed by atoms with van der Waals surface area (Å²) in [5.74, 6) is 0.566. The van der Waals surface area contributed by atoms with Crippen molar-refractivity contribution in [2.24, 2.45) is 5.92 Å². The van der Waals surface area contributed by atoms with E-state index >= 15 is 0 Å². The lowest BCUT2D eigenvalue weighted by Gasteiger charge is -2.27. The van der Waals surface area contributed by atoms with Gasteiger partial charge in [-0.2, -0.15) is 5.26 Å². The minimum atomic E-state index is -0.873. The first kappa shape index (κ1) is 17.9. The third kappa shape index (κ3) is 3.82. The van der Waals surface area contributed by atoms with Crippen molar-refractivity contribution in [3.63, 3.8) is 0 Å². The molecule has 0 saturated heterocycles. The van der Waals surface area contributed by atoms with E-state index in [4.69, 9.17) is 0 Å². The van der Waals surface area contributed by atoms with Crippen LogP contribution in [0.25, 0.3) is 11.4 Å². The molecule has 1 amide bonds. The second-order valence-corrected chi connectivity index (χ2v) is 7.13. The van der Waals surface area contributed by atoms with Gasteiger partial charge in [0.15, 0.2) is 5.82 Å². The number of tetrazole rings is 1. The van der Waals surface area contributed by atoms with Crippen molar-refractivity contribution < 1.29 is 4.79 Å². The van der Waals surface area contributed by atoms with Crippen LogP contribution in [0.2, 0.25) is 0 Å². The molecule has 1 aliphatic carbocycles. The van der Waals surface area contributed by atoms with E-state index in [1.165, 1.54) is 0 Å². The van der Waals surface area contributed by atoms with Crippen LogP contribution in [0.5, 0.6) is 0 Å². The summed E-state index contributed by atoms with van der Waals surface area (Å²) in [6.07, 6.45) is 2.23. The smallest absolute Gasteiger partial charge is 0.240 e. The minimum Gasteiger partial charge on any atom is -0.376 e. The molecule has 1 atom stereocenters. The molecule has 0 aliphatic heterocycles. The van der Waals surface area contributed by atoms with Crippen molar-refractivity contribution in [2.45, 2.75) is 45.2 Å². The minimum absolute atomic E-state index is 0.0214. The molecule has 0 bridgehead atoms. The fraction of sp³-hybridized carbons (Fsp3) is 0.500. The van der Waals surface area contributed by atoms with Crippen molar-refractivity contribution in [3.8, 4) is 17.5 Å². The van der Waals surface area contributed by atoms with Gasteiger partial charge in [-0.1, -0.05) is 13.8 Å². The zero-order valence-corrected chi connectivity index (χ0v) is 15.2. The van der Waals surface area contributed by atoms with Crippen molar-refractivity contribution in [1.29, 1.82) is 5.26 Å². The van der Waals surface area contributed by atoms with Crippen molar-refractivity contribution >= 4 is 11.6 Å². The van der Waals surface area contributed by atoms with Crippen LogP contribution in [0.1, 0.15) is 39.7 Å². The van der Waals surface area contributed by atoms with Crippen LogP contribution >= 0.6 is 0 Å². The fourth-order valence-corrected chi connectivity index (χ4v) is 2.50. The molecule has 2 N–H and O–H groups in total. The number of aromatic nitrogens is 4. The fourth-order valence-electron chi connectivity index (χ4n) is 2.50. The molecule has 1 saturated carbocycles. The molecule has 2 aromatic rings. The summed E-state index contributed by atoms with van der Waals surface area (Å²) in [6.45, 7) is 5.65. The molecule has 1 heterocycles. The standard InChI is InChI=1S/C18H23N7O/c1-12(2)18(3,11-19)21-16(26)10-20-14-6-4-13(5-7-14)17-22-23-24-25(17)15-8-9-15/h4-7,12,15,20H,8-10H2,1-3H3,(H,21,26). The third-order valence-electron chi connectivity index (χ3n) is 4.77. The van der Waals surface area contributed by atoms with Gasteiger partial charge in [0.1, 0.15) is 5.54 Å². The number of anilines is 1. The van der Waals surface area contributed by atoms with Crippen molar-refractivity contribution in [1.82, 2.24) is 25.5 Å². The zero-order valence-electron chi connectivity index (χ0n) is 15.2. The molecule has 1 unspecified atom stereocenters. The van der Waals surface area contributed by atoms with E-state index in [1.807, 2.05) is 42.8 Å². The quantitative estimate of drug-likeness (QED) is 0.789. The lowest BCUT2D eigenvalue weighted by atomic mass is 9.90. The molecule has 1 aromatic carbocycles. The summed E-state index contributed by atoms with van der Waals surface area (Å²) in [5, 5.41) is 27.1. The van der Waals surface area contributed by atoms with Gasteiger partial charge in [-0.15, -0.1) is 5.10 Å². The average Bonchev–Trinajstić information content (AvgIpc) is 3.37. The first-order valence-electron chi connectivity index (χ1n) is 8.77. The maximum atomic E-state index is 12.1. The zero-order chi connectivity index (χ0) is 18.7. The Bertz CT molecular complexity index is 817. The molecule has 8 nitrogen and oxygen atoms in total. The van der Waals surface area contributed by atoms with Gasteiger partial charge in [0.25, 0.3) is 0 Å². The summed E-state index contributed by atoms with van der Waals surface area (Å²) >= 11 is 0. The predicted octanol–water partition coefficient (Wildman–Crippen LogP) is 2.14. The number of nitrogens with one attached hydrogen (secondary N) is 2. The third-order valence-corrected chi connectivity index (χ3v) is 4.77. The molecule has 0 radical (unpaired) electrons. The number of nitrogens with zero attached hydrogens (tertiary/aromatic N) is 5. The van der Waals surface area contributed by atoms with Crippen molar-refractivity contribution in [3.05, 3.63) is 24.3 Å². The molecule has 1 aliphatic rings. The van der Waals surface area contributed by atoms with Crippen LogP contribution in [-0.4, -0.2) is 38.2 Å². The number of amides is 1. The van der Waals surface area contributed by atoms with Gasteiger partial charge in [-0.3, -0.25) is 4.79 Å². The molecule has 1 aromatic heterocycles. The Kier molecular flexibility index (Phi) is 4.89. The van der Waals surface area contributed by atoms with E-state index < -0.39 is 5.54 Å². The van der Waals surface area contributed by atoms with Gasteiger partial charge in [0, 0.05) is 11.3 Å². The normalized spacial score (nSPS) is 16.0. The number of hydrogen-bond acceptors (Lipinski definition) is 6. The molecule has 26 heavy (non-hydrogen) atoms. The molecular formula is C18H23N7O. The molecule has 8 heteroatoms. The first-order valence-corrected chi connectivity index (χ1v) is 8.77. The molecule has 0 spiro atoms. The Morgan fingerprint density at radius 3 is 2.65 bits per heavy atom. The number of rotatable bonds is 7. The average molecular weight is 353 g/mol. The second kappa shape index (κ2) is 7.12. The second-order valence-electron chi connectivity index (χ2n) is 7.13. The van der Waals surface area contributed by atoms with Gasteiger partial charge >= 0.3 is 0 Å². The van der Waals surface area contributed by atoms with Crippen molar-refractivity contribution in [2.75, 3.05) is 11.9 Å². The van der Waals surface area contributed by atoms with Crippen LogP contribution < -0.4 is 10.6 Å². The number of benzene rings is 1. The molecule has 3 rings (SSSR count). The van der Waals surface area contributed by atoms with Crippen LogP contribution in [0.4, 0.5) is 5.69 Å². The summed E-state index contributed by atoms with van der Waals surface area (Å²) in [5.41, 5.74) is 0.883. The molecular weight excluding hydrogens is 330 g/mol. The summed E-state index contributed by atoms with van der Waals surface area (Å²) in [6, 6.07) is 10.2. The van der Waals surface area contributed by atoms with Gasteiger partial charge < -0.3 is 10.6 Å². The SMILES string of the molecule is CC(C)C(C)(C#N)NC(=O)CNc1ccc(-c2nnnn2C2CC2)cc1. The number of hydrogen-bond donors (Lipinski definition) is 2. The molecule has 136 valence electrons. The van der Waals surface area contributed by atoms with E-state index in [2.05, 4.69) is 32.2 Å². The van der Waals surface area contributed by atoms with E-state index in [0.29, 0.717) is 6.04 Å². The number of carbonyl (C=O) groups excluding carboxylic acids is 1. The van der Waals surface area contributed by atoms with Crippen LogP contribution in [0, 0.1) is 17.2 Å². The highest BCUT2D eigenvalue weighted by atomic mass is 16.2. The number of nitriles is 1. The van der Waals surface area contributed by atoms with Gasteiger partial charge in [-0.25, -0.2) is 4.68 Å². The largest absolute Gasteiger partial charge is 0.376 e. The monoisotopic (exact) mass is 353 g/mol. The van der Waals surface area contributed by atoms with Gasteiger partial charge in [0.05, 0.1) is 18.7 Å². The highest BCUT2D eigenvalue weighted by Gasteiger charge is 2.30. The van der Waals surface area contributed by atoms with Gasteiger partial charge in [-0.05, 0) is 60.4 Å². The summed E-state index contributed by atoms with van der Waals surface area (Å²) < 4.78 is 1.87. The topological polar surface area (TPSA) is 109 Å². The molecule has 1 fully saturated rings. The lowest BCUT2D eigenvalue weighted by molar-refractivity contribution is -0.121. The van der Waals surface area contributed by atoms with Crippen LogP contribution in [0.15, 0.2) is 24.3 Å². The lowest BCUT2D eigenvalue weighted by Crippen LogP contribution is -2.50. The Labute approximate surface area is 152 Å². The Morgan fingerprint density at radius 2 is 2.08 bits per heavy atom. The van der Waals surface area contributed by atoms with E-state index in [1.54, 1.807) is 6.92 Å². The Balaban J connectivity index is 1.59. The maximum absolute atomic E-state index is 12.1.